The van der Waals surface area contributed by atoms with Crippen molar-refractivity contribution in [3.8, 4) is 5.75 Å². The zero-order chi connectivity index (χ0) is 13.1. The largest absolute Gasteiger partial charge is 0.497 e. The molecule has 98 valence electrons. The van der Waals surface area contributed by atoms with Crippen LogP contribution in [0.1, 0.15) is 25.5 Å². The molecule has 4 heteroatoms. The molecule has 0 amide bonds. The van der Waals surface area contributed by atoms with E-state index in [0.29, 0.717) is 11.9 Å². The smallest absolute Gasteiger partial charge is 0.191 e. The molecule has 1 aromatic rings. The van der Waals surface area contributed by atoms with Gasteiger partial charge in [0.2, 0.25) is 0 Å². The molecule has 2 N–H and O–H groups in total. The van der Waals surface area contributed by atoms with Gasteiger partial charge in [-0.25, -0.2) is 0 Å². The number of aliphatic imine (C=N–C) groups is 1. The molecule has 0 saturated heterocycles. The van der Waals surface area contributed by atoms with Gasteiger partial charge < -0.3 is 15.4 Å². The van der Waals surface area contributed by atoms with E-state index in [2.05, 4.69) is 35.9 Å². The molecule has 1 aromatic carbocycles. The molecule has 1 heterocycles. The third-order valence-corrected chi connectivity index (χ3v) is 3.14. The van der Waals surface area contributed by atoms with E-state index in [-0.39, 0.29) is 6.04 Å². The summed E-state index contributed by atoms with van der Waals surface area (Å²) in [4.78, 5) is 6.54. The summed E-state index contributed by atoms with van der Waals surface area (Å²) in [7, 11) is 1.69. The summed E-state index contributed by atoms with van der Waals surface area (Å²) in [6.45, 7) is 6.03. The van der Waals surface area contributed by atoms with Gasteiger partial charge >= 0.3 is 0 Å². The maximum Gasteiger partial charge on any atom is 0.191 e. The number of hydrogen-bond acceptors (Lipinski definition) is 4. The van der Waals surface area contributed by atoms with Crippen LogP contribution < -0.4 is 10.5 Å². The van der Waals surface area contributed by atoms with Gasteiger partial charge in [-0.05, 0) is 23.6 Å². The van der Waals surface area contributed by atoms with Crippen LogP contribution in [0.3, 0.4) is 0 Å². The minimum atomic E-state index is 0.238. The number of methoxy groups -OCH3 is 1. The number of guanidine groups is 1. The normalized spacial score (nSPS) is 19.2. The molecule has 0 aromatic heterocycles. The third-order valence-electron chi connectivity index (χ3n) is 3.14. The van der Waals surface area contributed by atoms with Crippen molar-refractivity contribution < 1.29 is 4.74 Å². The number of nitrogens with two attached hydrogens (primary N) is 1. The quantitative estimate of drug-likeness (QED) is 0.885. The Labute approximate surface area is 108 Å². The summed E-state index contributed by atoms with van der Waals surface area (Å²) in [6, 6.07) is 8.37. The van der Waals surface area contributed by atoms with Gasteiger partial charge in [0, 0.05) is 6.54 Å². The molecule has 1 atom stereocenters. The first-order chi connectivity index (χ1) is 8.61. The van der Waals surface area contributed by atoms with Gasteiger partial charge in [-0.15, -0.1) is 0 Å². The topological polar surface area (TPSA) is 50.9 Å². The van der Waals surface area contributed by atoms with Crippen LogP contribution in [0.5, 0.6) is 5.75 Å². The zero-order valence-electron chi connectivity index (χ0n) is 11.3. The first kappa shape index (κ1) is 12.7. The van der Waals surface area contributed by atoms with Crippen molar-refractivity contribution in [1.82, 2.24) is 4.90 Å². The zero-order valence-corrected chi connectivity index (χ0v) is 11.3. The van der Waals surface area contributed by atoms with Crippen LogP contribution in [0.15, 0.2) is 29.3 Å². The molecular weight excluding hydrogens is 226 g/mol. The van der Waals surface area contributed by atoms with E-state index in [1.165, 1.54) is 5.56 Å². The Bertz CT molecular complexity index is 442. The highest BCUT2D eigenvalue weighted by molar-refractivity contribution is 5.80. The molecule has 0 fully saturated rings. The lowest BCUT2D eigenvalue weighted by atomic mass is 10.0. The van der Waals surface area contributed by atoms with Gasteiger partial charge in [-0.1, -0.05) is 26.0 Å². The van der Waals surface area contributed by atoms with Crippen LogP contribution in [0, 0.1) is 5.92 Å². The molecule has 0 saturated carbocycles. The Morgan fingerprint density at radius 1 is 1.50 bits per heavy atom. The van der Waals surface area contributed by atoms with Crippen molar-refractivity contribution in [3.05, 3.63) is 29.8 Å². The fourth-order valence-electron chi connectivity index (χ4n) is 2.28. The summed E-state index contributed by atoms with van der Waals surface area (Å²) in [5.41, 5.74) is 7.18. The molecule has 0 radical (unpaired) electrons. The van der Waals surface area contributed by atoms with Crippen LogP contribution in [0.25, 0.3) is 0 Å². The van der Waals surface area contributed by atoms with Crippen molar-refractivity contribution in [2.45, 2.75) is 19.9 Å². The average Bonchev–Trinajstić information content (AvgIpc) is 2.71. The standard InChI is InChI=1S/C14H21N3O/c1-10(2)9-17-13(8-16-14(17)15)11-5-4-6-12(7-11)18-3/h4-7,10,13H,8-9H2,1-3H3,(H2,15,16). The fourth-order valence-corrected chi connectivity index (χ4v) is 2.28. The van der Waals surface area contributed by atoms with E-state index >= 15 is 0 Å². The number of rotatable bonds is 4. The summed E-state index contributed by atoms with van der Waals surface area (Å²) in [5.74, 6) is 2.09. The lowest BCUT2D eigenvalue weighted by Gasteiger charge is -2.28. The summed E-state index contributed by atoms with van der Waals surface area (Å²) in [6.07, 6.45) is 0. The maximum atomic E-state index is 5.97. The molecule has 1 unspecified atom stereocenters. The molecule has 1 aliphatic heterocycles. The predicted octanol–water partition coefficient (Wildman–Crippen LogP) is 2.02. The van der Waals surface area contributed by atoms with Gasteiger partial charge in [0.25, 0.3) is 0 Å². The molecular formula is C14H21N3O. The van der Waals surface area contributed by atoms with E-state index < -0.39 is 0 Å². The number of ether oxygens (including phenoxy) is 1. The fraction of sp³-hybridized carbons (Fsp3) is 0.500. The van der Waals surface area contributed by atoms with E-state index in [1.807, 2.05) is 12.1 Å². The minimum absolute atomic E-state index is 0.238. The second kappa shape index (κ2) is 5.29. The highest BCUT2D eigenvalue weighted by Crippen LogP contribution is 2.28. The van der Waals surface area contributed by atoms with Crippen LogP contribution in [0.2, 0.25) is 0 Å². The SMILES string of the molecule is COc1cccc(C2CN=C(N)N2CC(C)C)c1. The number of hydrogen-bond donors (Lipinski definition) is 1. The Kier molecular flexibility index (Phi) is 3.75. The highest BCUT2D eigenvalue weighted by Gasteiger charge is 2.27. The highest BCUT2D eigenvalue weighted by atomic mass is 16.5. The van der Waals surface area contributed by atoms with Crippen molar-refractivity contribution >= 4 is 5.96 Å². The molecule has 4 nitrogen and oxygen atoms in total. The first-order valence-corrected chi connectivity index (χ1v) is 6.32. The second-order valence-corrected chi connectivity index (χ2v) is 5.04. The van der Waals surface area contributed by atoms with Gasteiger partial charge in [0.1, 0.15) is 5.75 Å². The Balaban J connectivity index is 2.21. The molecule has 0 spiro atoms. The van der Waals surface area contributed by atoms with E-state index in [4.69, 9.17) is 10.5 Å². The van der Waals surface area contributed by atoms with Crippen LogP contribution in [-0.4, -0.2) is 31.1 Å². The van der Waals surface area contributed by atoms with Crippen molar-refractivity contribution in [3.63, 3.8) is 0 Å². The summed E-state index contributed by atoms with van der Waals surface area (Å²) < 4.78 is 5.27. The monoisotopic (exact) mass is 247 g/mol. The van der Waals surface area contributed by atoms with Gasteiger partial charge in [0.15, 0.2) is 5.96 Å². The van der Waals surface area contributed by atoms with Crippen molar-refractivity contribution in [2.24, 2.45) is 16.6 Å². The van der Waals surface area contributed by atoms with Gasteiger partial charge in [-0.2, -0.15) is 0 Å². The van der Waals surface area contributed by atoms with Crippen LogP contribution >= 0.6 is 0 Å². The van der Waals surface area contributed by atoms with Gasteiger partial charge in [-0.3, -0.25) is 4.99 Å². The average molecular weight is 247 g/mol. The summed E-state index contributed by atoms with van der Waals surface area (Å²) >= 11 is 0. The molecule has 0 bridgehead atoms. The number of benzene rings is 1. The van der Waals surface area contributed by atoms with Gasteiger partial charge in [0.05, 0.1) is 19.7 Å². The number of nitrogens with zero attached hydrogens (tertiary/aromatic N) is 2. The minimum Gasteiger partial charge on any atom is -0.497 e. The second-order valence-electron chi connectivity index (χ2n) is 5.04. The molecule has 2 rings (SSSR count). The third kappa shape index (κ3) is 2.58. The lowest BCUT2D eigenvalue weighted by Crippen LogP contribution is -2.38. The van der Waals surface area contributed by atoms with Crippen molar-refractivity contribution in [1.29, 1.82) is 0 Å². The molecule has 18 heavy (non-hydrogen) atoms. The lowest BCUT2D eigenvalue weighted by molar-refractivity contribution is 0.308. The molecule has 1 aliphatic rings. The Morgan fingerprint density at radius 3 is 2.94 bits per heavy atom. The molecule has 0 aliphatic carbocycles. The Morgan fingerprint density at radius 2 is 2.28 bits per heavy atom. The van der Waals surface area contributed by atoms with Crippen LogP contribution in [0.4, 0.5) is 0 Å². The predicted molar refractivity (Wildman–Crippen MR) is 73.8 cm³/mol. The van der Waals surface area contributed by atoms with Crippen molar-refractivity contribution in [2.75, 3.05) is 20.2 Å². The van der Waals surface area contributed by atoms with E-state index in [0.717, 1.165) is 18.8 Å². The maximum absolute atomic E-state index is 5.97. The summed E-state index contributed by atoms with van der Waals surface area (Å²) in [5, 5.41) is 0. The van der Waals surface area contributed by atoms with E-state index in [9.17, 15) is 0 Å². The van der Waals surface area contributed by atoms with E-state index in [1.54, 1.807) is 7.11 Å². The first-order valence-electron chi connectivity index (χ1n) is 6.32. The van der Waals surface area contributed by atoms with Crippen LogP contribution in [-0.2, 0) is 0 Å². The Hall–Kier alpha value is -1.71.